The number of carbonyl (C=O) groups is 2. The van der Waals surface area contributed by atoms with Crippen LogP contribution in [0.4, 0.5) is 11.4 Å². The van der Waals surface area contributed by atoms with Crippen LogP contribution >= 0.6 is 0 Å². The highest BCUT2D eigenvalue weighted by atomic mass is 16.5. The predicted octanol–water partition coefficient (Wildman–Crippen LogP) is 2.27. The number of nitrogens with zero attached hydrogens (tertiary/aromatic N) is 3. The zero-order valence-electron chi connectivity index (χ0n) is 18.1. The predicted molar refractivity (Wildman–Crippen MR) is 125 cm³/mol. The molecular weight excluding hydrogens is 422 g/mol. The van der Waals surface area contributed by atoms with Crippen LogP contribution in [0.2, 0.25) is 0 Å². The van der Waals surface area contributed by atoms with Crippen LogP contribution in [0.5, 0.6) is 5.75 Å². The Morgan fingerprint density at radius 3 is 2.52 bits per heavy atom. The largest absolute Gasteiger partial charge is 0.492 e. The molecule has 0 bridgehead atoms. The van der Waals surface area contributed by atoms with Crippen molar-refractivity contribution >= 4 is 23.2 Å². The monoisotopic (exact) mass is 447 g/mol. The number of amides is 2. The summed E-state index contributed by atoms with van der Waals surface area (Å²) in [5.74, 6) is -0.387. The Kier molecular flexibility index (Phi) is 6.68. The Labute approximate surface area is 190 Å². The van der Waals surface area contributed by atoms with E-state index in [0.29, 0.717) is 17.0 Å². The number of carbonyl (C=O) groups excluding carboxylic acids is 2. The van der Waals surface area contributed by atoms with E-state index in [9.17, 15) is 14.4 Å². The van der Waals surface area contributed by atoms with Gasteiger partial charge >= 0.3 is 0 Å². The molecule has 2 amide bonds. The second-order valence-electron chi connectivity index (χ2n) is 7.69. The molecule has 2 aromatic carbocycles. The van der Waals surface area contributed by atoms with Gasteiger partial charge in [-0.3, -0.25) is 14.4 Å². The first-order valence-electron chi connectivity index (χ1n) is 10.8. The molecule has 33 heavy (non-hydrogen) atoms. The lowest BCUT2D eigenvalue weighted by molar-refractivity contribution is 0.0995. The molecule has 9 heteroatoms. The molecule has 1 saturated heterocycles. The van der Waals surface area contributed by atoms with Gasteiger partial charge in [0.2, 0.25) is 5.91 Å². The van der Waals surface area contributed by atoms with Crippen LogP contribution in [0.1, 0.15) is 33.7 Å². The molecule has 0 atom stereocenters. The maximum atomic E-state index is 13.0. The molecule has 2 heterocycles. The first kappa shape index (κ1) is 22.1. The summed E-state index contributed by atoms with van der Waals surface area (Å²) in [4.78, 5) is 39.0. The fraction of sp³-hybridized carbons (Fsp3) is 0.250. The number of para-hydroxylation sites is 1. The Morgan fingerprint density at radius 1 is 1.03 bits per heavy atom. The van der Waals surface area contributed by atoms with Crippen LogP contribution in [0.25, 0.3) is 0 Å². The van der Waals surface area contributed by atoms with Gasteiger partial charge in [0.1, 0.15) is 18.1 Å². The fourth-order valence-electron chi connectivity index (χ4n) is 3.71. The second-order valence-corrected chi connectivity index (χ2v) is 7.69. The highest BCUT2D eigenvalue weighted by molar-refractivity contribution is 6.06. The quantitative estimate of drug-likeness (QED) is 0.547. The van der Waals surface area contributed by atoms with Gasteiger partial charge in [-0.1, -0.05) is 18.2 Å². The molecule has 1 aliphatic rings. The zero-order chi connectivity index (χ0) is 23.2. The van der Waals surface area contributed by atoms with Crippen LogP contribution in [-0.4, -0.2) is 41.3 Å². The van der Waals surface area contributed by atoms with E-state index in [0.717, 1.165) is 31.6 Å². The van der Waals surface area contributed by atoms with Gasteiger partial charge in [0.05, 0.1) is 17.9 Å². The summed E-state index contributed by atoms with van der Waals surface area (Å²) in [6, 6.07) is 16.9. The molecule has 9 nitrogen and oxygen atoms in total. The zero-order valence-corrected chi connectivity index (χ0v) is 18.1. The van der Waals surface area contributed by atoms with E-state index in [4.69, 9.17) is 10.5 Å². The van der Waals surface area contributed by atoms with Crippen molar-refractivity contribution in [2.24, 2.45) is 5.73 Å². The Bertz CT molecular complexity index is 1200. The van der Waals surface area contributed by atoms with Crippen LogP contribution in [0.3, 0.4) is 0 Å². The van der Waals surface area contributed by atoms with E-state index in [1.54, 1.807) is 18.2 Å². The molecule has 0 spiro atoms. The standard InChI is InChI=1S/C24H25N5O4/c25-23(31)17-8-10-21(28-12-4-5-13-28)20(16-17)26-24(32)19-9-11-22(30)29(27-19)14-15-33-18-6-2-1-3-7-18/h1-3,6-11,16H,4-5,12-15H2,(H2,25,31)(H,26,32). The summed E-state index contributed by atoms with van der Waals surface area (Å²) in [5.41, 5.74) is 6.75. The normalized spacial score (nSPS) is 13.0. The number of hydrogen-bond acceptors (Lipinski definition) is 6. The number of benzene rings is 2. The summed E-state index contributed by atoms with van der Waals surface area (Å²) in [6.07, 6.45) is 2.12. The molecular formula is C24H25N5O4. The lowest BCUT2D eigenvalue weighted by Gasteiger charge is -2.22. The summed E-state index contributed by atoms with van der Waals surface area (Å²) >= 11 is 0. The molecule has 0 unspecified atom stereocenters. The highest BCUT2D eigenvalue weighted by Gasteiger charge is 2.19. The molecule has 1 fully saturated rings. The van der Waals surface area contributed by atoms with Gasteiger partial charge in [-0.15, -0.1) is 0 Å². The number of anilines is 2. The van der Waals surface area contributed by atoms with Gasteiger partial charge in [-0.25, -0.2) is 4.68 Å². The molecule has 1 aliphatic heterocycles. The van der Waals surface area contributed by atoms with Crippen molar-refractivity contribution in [3.63, 3.8) is 0 Å². The maximum absolute atomic E-state index is 13.0. The van der Waals surface area contributed by atoms with Crippen molar-refractivity contribution in [3.05, 3.63) is 82.3 Å². The average Bonchev–Trinajstić information content (AvgIpc) is 3.35. The van der Waals surface area contributed by atoms with Gasteiger partial charge in [0, 0.05) is 24.7 Å². The molecule has 1 aromatic heterocycles. The summed E-state index contributed by atoms with van der Waals surface area (Å²) in [7, 11) is 0. The van der Waals surface area contributed by atoms with E-state index >= 15 is 0 Å². The number of primary amides is 1. The average molecular weight is 447 g/mol. The van der Waals surface area contributed by atoms with Crippen LogP contribution in [-0.2, 0) is 6.54 Å². The minimum atomic E-state index is -0.580. The van der Waals surface area contributed by atoms with Crippen molar-refractivity contribution in [2.75, 3.05) is 29.9 Å². The molecule has 3 aromatic rings. The third kappa shape index (κ3) is 5.38. The molecule has 0 aliphatic carbocycles. The minimum Gasteiger partial charge on any atom is -0.492 e. The Hall–Kier alpha value is -4.14. The topological polar surface area (TPSA) is 120 Å². The third-order valence-corrected chi connectivity index (χ3v) is 5.39. The molecule has 0 saturated carbocycles. The number of nitrogens with one attached hydrogen (secondary N) is 1. The van der Waals surface area contributed by atoms with Gasteiger partial charge in [0.25, 0.3) is 11.5 Å². The van der Waals surface area contributed by atoms with Crippen molar-refractivity contribution in [1.29, 1.82) is 0 Å². The summed E-state index contributed by atoms with van der Waals surface area (Å²) in [5, 5.41) is 7.02. The summed E-state index contributed by atoms with van der Waals surface area (Å²) in [6.45, 7) is 2.14. The highest BCUT2D eigenvalue weighted by Crippen LogP contribution is 2.30. The van der Waals surface area contributed by atoms with Crippen molar-refractivity contribution < 1.29 is 14.3 Å². The number of nitrogens with two attached hydrogens (primary N) is 1. The molecule has 170 valence electrons. The molecule has 3 N–H and O–H groups in total. The van der Waals surface area contributed by atoms with E-state index in [-0.39, 0.29) is 24.4 Å². The lowest BCUT2D eigenvalue weighted by Crippen LogP contribution is -2.28. The van der Waals surface area contributed by atoms with E-state index in [1.165, 1.54) is 16.8 Å². The maximum Gasteiger partial charge on any atom is 0.276 e. The Balaban J connectivity index is 1.51. The number of hydrogen-bond donors (Lipinski definition) is 2. The van der Waals surface area contributed by atoms with Crippen LogP contribution in [0, 0.1) is 0 Å². The third-order valence-electron chi connectivity index (χ3n) is 5.39. The number of rotatable bonds is 8. The molecule has 0 radical (unpaired) electrons. The van der Waals surface area contributed by atoms with Gasteiger partial charge < -0.3 is 20.7 Å². The van der Waals surface area contributed by atoms with Gasteiger partial charge in [-0.05, 0) is 49.2 Å². The van der Waals surface area contributed by atoms with Crippen molar-refractivity contribution in [3.8, 4) is 5.75 Å². The smallest absolute Gasteiger partial charge is 0.276 e. The van der Waals surface area contributed by atoms with Crippen LogP contribution in [0.15, 0.2) is 65.5 Å². The van der Waals surface area contributed by atoms with Gasteiger partial charge in [-0.2, -0.15) is 5.10 Å². The molecule has 4 rings (SSSR count). The first-order valence-corrected chi connectivity index (χ1v) is 10.8. The second kappa shape index (κ2) is 9.99. The van der Waals surface area contributed by atoms with Crippen LogP contribution < -0.4 is 26.2 Å². The van der Waals surface area contributed by atoms with Gasteiger partial charge in [0.15, 0.2) is 0 Å². The lowest BCUT2D eigenvalue weighted by atomic mass is 10.1. The van der Waals surface area contributed by atoms with Crippen molar-refractivity contribution in [2.45, 2.75) is 19.4 Å². The van der Waals surface area contributed by atoms with E-state index in [1.807, 2.05) is 30.3 Å². The van der Waals surface area contributed by atoms with Crippen molar-refractivity contribution in [1.82, 2.24) is 9.78 Å². The van der Waals surface area contributed by atoms with E-state index in [2.05, 4.69) is 15.3 Å². The number of ether oxygens (including phenoxy) is 1. The van der Waals surface area contributed by atoms with E-state index < -0.39 is 11.8 Å². The SMILES string of the molecule is NC(=O)c1ccc(N2CCCC2)c(NC(=O)c2ccc(=O)n(CCOc3ccccc3)n2)c1. The Morgan fingerprint density at radius 2 is 1.79 bits per heavy atom. The fourth-order valence-corrected chi connectivity index (χ4v) is 3.71. The minimum absolute atomic E-state index is 0.0751. The number of aromatic nitrogens is 2. The summed E-state index contributed by atoms with van der Waals surface area (Å²) < 4.78 is 6.81. The first-order chi connectivity index (χ1) is 16.0.